The molecule has 0 saturated carbocycles. The van der Waals surface area contributed by atoms with Crippen molar-refractivity contribution < 1.29 is 0 Å². The quantitative estimate of drug-likeness (QED) is 0.468. The molecule has 1 aliphatic rings. The Labute approximate surface area is 75.1 Å². The number of hydrogen-bond donors (Lipinski definition) is 2. The molecule has 0 bridgehead atoms. The molecular formula is C8H9N3S. The van der Waals surface area contributed by atoms with Gasteiger partial charge in [-0.15, -0.1) is 11.8 Å². The maximum Gasteiger partial charge on any atom is 0.193 e. The number of benzene rings is 1. The second-order valence-electron chi connectivity index (χ2n) is 2.55. The lowest BCUT2D eigenvalue weighted by Gasteiger charge is -2.14. The highest BCUT2D eigenvalue weighted by atomic mass is 32.2. The Kier molecular flexibility index (Phi) is 1.69. The highest BCUT2D eigenvalue weighted by Gasteiger charge is 2.20. The smallest absolute Gasteiger partial charge is 0.193 e. The lowest BCUT2D eigenvalue weighted by Crippen LogP contribution is -2.33. The molecular weight excluding hydrogens is 170 g/mol. The molecule has 1 heterocycles. The van der Waals surface area contributed by atoms with Gasteiger partial charge in [0.2, 0.25) is 0 Å². The standard InChI is InChI=1S/C8H9N3S/c9-8(10)11-5-12-7-4-2-1-3-6(7)11/h1-4H,5H2,(H3,9,10). The van der Waals surface area contributed by atoms with Crippen molar-refractivity contribution in [1.82, 2.24) is 0 Å². The van der Waals surface area contributed by atoms with Crippen LogP contribution in [0.3, 0.4) is 0 Å². The Morgan fingerprint density at radius 3 is 3.00 bits per heavy atom. The Hall–Kier alpha value is -1.16. The van der Waals surface area contributed by atoms with Gasteiger partial charge in [0.15, 0.2) is 5.96 Å². The van der Waals surface area contributed by atoms with Crippen molar-refractivity contribution in [2.24, 2.45) is 5.73 Å². The fraction of sp³-hybridized carbons (Fsp3) is 0.125. The van der Waals surface area contributed by atoms with Crippen molar-refractivity contribution >= 4 is 23.4 Å². The zero-order valence-electron chi connectivity index (χ0n) is 6.45. The van der Waals surface area contributed by atoms with Crippen molar-refractivity contribution in [3.63, 3.8) is 0 Å². The van der Waals surface area contributed by atoms with E-state index in [0.717, 1.165) is 11.6 Å². The molecule has 0 spiro atoms. The SMILES string of the molecule is N=C(N)N1CSc2ccccc21. The molecule has 4 heteroatoms. The van der Waals surface area contributed by atoms with E-state index in [4.69, 9.17) is 11.1 Å². The van der Waals surface area contributed by atoms with Crippen LogP contribution in [0, 0.1) is 5.41 Å². The first-order valence-electron chi connectivity index (χ1n) is 3.62. The predicted molar refractivity (Wildman–Crippen MR) is 51.6 cm³/mol. The Morgan fingerprint density at radius 2 is 2.25 bits per heavy atom. The lowest BCUT2D eigenvalue weighted by molar-refractivity contribution is 1.17. The van der Waals surface area contributed by atoms with Crippen LogP contribution < -0.4 is 10.6 Å². The van der Waals surface area contributed by atoms with E-state index in [-0.39, 0.29) is 5.96 Å². The Balaban J connectivity index is 2.42. The molecule has 0 radical (unpaired) electrons. The van der Waals surface area contributed by atoms with E-state index in [1.54, 1.807) is 16.7 Å². The van der Waals surface area contributed by atoms with Crippen LogP contribution in [-0.4, -0.2) is 11.8 Å². The third kappa shape index (κ3) is 1.04. The van der Waals surface area contributed by atoms with Crippen LogP contribution in [0.15, 0.2) is 29.2 Å². The molecule has 0 unspecified atom stereocenters. The van der Waals surface area contributed by atoms with E-state index in [9.17, 15) is 0 Å². The molecule has 0 amide bonds. The van der Waals surface area contributed by atoms with Crippen LogP contribution in [0.25, 0.3) is 0 Å². The molecule has 1 aromatic rings. The van der Waals surface area contributed by atoms with Crippen LogP contribution in [0.1, 0.15) is 0 Å². The molecule has 12 heavy (non-hydrogen) atoms. The van der Waals surface area contributed by atoms with Crippen LogP contribution in [0.2, 0.25) is 0 Å². The van der Waals surface area contributed by atoms with E-state index >= 15 is 0 Å². The number of anilines is 1. The van der Waals surface area contributed by atoms with Gasteiger partial charge in [-0.3, -0.25) is 5.41 Å². The third-order valence-corrected chi connectivity index (χ3v) is 2.84. The highest BCUT2D eigenvalue weighted by molar-refractivity contribution is 8.00. The third-order valence-electron chi connectivity index (χ3n) is 1.80. The summed E-state index contributed by atoms with van der Waals surface area (Å²) in [5, 5.41) is 7.31. The number of nitrogens with one attached hydrogen (secondary N) is 1. The summed E-state index contributed by atoms with van der Waals surface area (Å²) in [6, 6.07) is 7.98. The van der Waals surface area contributed by atoms with Crippen molar-refractivity contribution in [1.29, 1.82) is 5.41 Å². The molecule has 0 aliphatic carbocycles. The largest absolute Gasteiger partial charge is 0.370 e. The Bertz CT molecular complexity index is 324. The van der Waals surface area contributed by atoms with Gasteiger partial charge in [0.05, 0.1) is 11.6 Å². The normalized spacial score (nSPS) is 14.5. The number of nitrogens with zero attached hydrogens (tertiary/aromatic N) is 1. The minimum Gasteiger partial charge on any atom is -0.370 e. The predicted octanol–water partition coefficient (Wildman–Crippen LogP) is 1.45. The monoisotopic (exact) mass is 179 g/mol. The summed E-state index contributed by atoms with van der Waals surface area (Å²) in [7, 11) is 0. The van der Waals surface area contributed by atoms with Gasteiger partial charge in [0.1, 0.15) is 0 Å². The fourth-order valence-electron chi connectivity index (χ4n) is 1.21. The molecule has 1 aromatic carbocycles. The summed E-state index contributed by atoms with van der Waals surface area (Å²) in [6.45, 7) is 0. The van der Waals surface area contributed by atoms with Crippen molar-refractivity contribution in [2.45, 2.75) is 4.90 Å². The number of fused-ring (bicyclic) bond motifs is 1. The van der Waals surface area contributed by atoms with E-state index < -0.39 is 0 Å². The van der Waals surface area contributed by atoms with Crippen molar-refractivity contribution in [3.05, 3.63) is 24.3 Å². The second kappa shape index (κ2) is 2.71. The summed E-state index contributed by atoms with van der Waals surface area (Å²) in [5.74, 6) is 0.877. The maximum absolute atomic E-state index is 7.31. The van der Waals surface area contributed by atoms with Gasteiger partial charge >= 0.3 is 0 Å². The molecule has 3 N–H and O–H groups in total. The zero-order valence-corrected chi connectivity index (χ0v) is 7.27. The summed E-state index contributed by atoms with van der Waals surface area (Å²) in [6.07, 6.45) is 0. The van der Waals surface area contributed by atoms with Gasteiger partial charge in [-0.05, 0) is 12.1 Å². The van der Waals surface area contributed by atoms with Crippen LogP contribution in [0.4, 0.5) is 5.69 Å². The summed E-state index contributed by atoms with van der Waals surface area (Å²) in [4.78, 5) is 2.99. The number of hydrogen-bond acceptors (Lipinski definition) is 2. The Morgan fingerprint density at radius 1 is 1.50 bits per heavy atom. The average molecular weight is 179 g/mol. The summed E-state index contributed by atoms with van der Waals surface area (Å²) < 4.78 is 0. The van der Waals surface area contributed by atoms with Gasteiger partial charge < -0.3 is 10.6 Å². The van der Waals surface area contributed by atoms with Crippen molar-refractivity contribution in [2.75, 3.05) is 10.8 Å². The van der Waals surface area contributed by atoms with Gasteiger partial charge in [-0.1, -0.05) is 12.1 Å². The van der Waals surface area contributed by atoms with E-state index in [2.05, 4.69) is 0 Å². The van der Waals surface area contributed by atoms with E-state index in [1.807, 2.05) is 24.3 Å². The summed E-state index contributed by atoms with van der Waals surface area (Å²) >= 11 is 1.71. The maximum atomic E-state index is 7.31. The number of guanidine groups is 1. The van der Waals surface area contributed by atoms with Gasteiger partial charge in [0, 0.05) is 4.90 Å². The molecule has 62 valence electrons. The minimum absolute atomic E-state index is 0.118. The fourth-order valence-corrected chi connectivity index (χ4v) is 2.25. The summed E-state index contributed by atoms with van der Waals surface area (Å²) in [5.41, 5.74) is 6.46. The highest BCUT2D eigenvalue weighted by Crippen LogP contribution is 2.37. The number of rotatable bonds is 0. The molecule has 0 atom stereocenters. The molecule has 0 fully saturated rings. The number of para-hydroxylation sites is 1. The van der Waals surface area contributed by atoms with Crippen LogP contribution in [-0.2, 0) is 0 Å². The van der Waals surface area contributed by atoms with Crippen LogP contribution in [0.5, 0.6) is 0 Å². The minimum atomic E-state index is 0.118. The average Bonchev–Trinajstić information content (AvgIpc) is 2.47. The van der Waals surface area contributed by atoms with Crippen LogP contribution >= 0.6 is 11.8 Å². The number of nitrogens with two attached hydrogens (primary N) is 1. The lowest BCUT2D eigenvalue weighted by atomic mass is 10.3. The van der Waals surface area contributed by atoms with E-state index in [0.29, 0.717) is 0 Å². The molecule has 3 nitrogen and oxygen atoms in total. The first-order chi connectivity index (χ1) is 5.79. The molecule has 2 rings (SSSR count). The molecule has 1 aliphatic heterocycles. The zero-order chi connectivity index (χ0) is 8.55. The molecule has 0 saturated heterocycles. The van der Waals surface area contributed by atoms with Crippen molar-refractivity contribution in [3.8, 4) is 0 Å². The van der Waals surface area contributed by atoms with Gasteiger partial charge in [-0.25, -0.2) is 0 Å². The number of thioether (sulfide) groups is 1. The van der Waals surface area contributed by atoms with E-state index in [1.165, 1.54) is 4.90 Å². The second-order valence-corrected chi connectivity index (χ2v) is 3.54. The van der Waals surface area contributed by atoms with Gasteiger partial charge in [-0.2, -0.15) is 0 Å². The topological polar surface area (TPSA) is 53.1 Å². The molecule has 0 aromatic heterocycles. The van der Waals surface area contributed by atoms with Gasteiger partial charge in [0.25, 0.3) is 0 Å². The first-order valence-corrected chi connectivity index (χ1v) is 4.61. The first kappa shape index (κ1) is 7.49.